The van der Waals surface area contributed by atoms with Crippen molar-refractivity contribution in [3.8, 4) is 5.75 Å². The van der Waals surface area contributed by atoms with Crippen molar-refractivity contribution in [3.63, 3.8) is 0 Å². The van der Waals surface area contributed by atoms with Crippen molar-refractivity contribution in [2.45, 2.75) is 44.1 Å². The third kappa shape index (κ3) is 4.66. The summed E-state index contributed by atoms with van der Waals surface area (Å²) in [5.74, 6) is -0.0491. The van der Waals surface area contributed by atoms with Gasteiger partial charge >= 0.3 is 6.36 Å². The van der Waals surface area contributed by atoms with Crippen LogP contribution in [0.5, 0.6) is 5.75 Å². The molecule has 9 heteroatoms. The van der Waals surface area contributed by atoms with E-state index in [9.17, 15) is 28.5 Å². The first-order valence-electron chi connectivity index (χ1n) is 9.03. The van der Waals surface area contributed by atoms with Crippen LogP contribution in [0.2, 0.25) is 0 Å². The van der Waals surface area contributed by atoms with Gasteiger partial charge in [0, 0.05) is 32.2 Å². The summed E-state index contributed by atoms with van der Waals surface area (Å²) in [5, 5.41) is 29.7. The van der Waals surface area contributed by atoms with Crippen molar-refractivity contribution in [3.05, 3.63) is 24.3 Å². The van der Waals surface area contributed by atoms with Gasteiger partial charge < -0.3 is 25.0 Å². The van der Waals surface area contributed by atoms with Crippen LogP contribution in [0.25, 0.3) is 0 Å². The van der Waals surface area contributed by atoms with Crippen molar-refractivity contribution in [1.29, 1.82) is 0 Å². The average molecular weight is 390 g/mol. The molecule has 0 bridgehead atoms. The monoisotopic (exact) mass is 390 g/mol. The van der Waals surface area contributed by atoms with Crippen molar-refractivity contribution in [2.75, 3.05) is 31.1 Å². The number of aliphatic hydroxyl groups is 3. The molecule has 5 atom stereocenters. The second-order valence-electron chi connectivity index (χ2n) is 7.36. The van der Waals surface area contributed by atoms with Gasteiger partial charge in [-0.15, -0.1) is 13.2 Å². The molecule has 0 spiro atoms. The molecule has 1 aromatic carbocycles. The molecule has 1 unspecified atom stereocenters. The van der Waals surface area contributed by atoms with Crippen LogP contribution < -0.4 is 9.64 Å². The van der Waals surface area contributed by atoms with Crippen LogP contribution in [0, 0.1) is 5.92 Å². The second-order valence-corrected chi connectivity index (χ2v) is 7.36. The Hall–Kier alpha value is -1.55. The Morgan fingerprint density at radius 3 is 2.52 bits per heavy atom. The maximum absolute atomic E-state index is 12.6. The molecule has 0 aliphatic carbocycles. The van der Waals surface area contributed by atoms with E-state index >= 15 is 0 Å². The minimum Gasteiger partial charge on any atom is -0.404 e. The molecule has 0 saturated carbocycles. The van der Waals surface area contributed by atoms with E-state index in [0.717, 1.165) is 6.42 Å². The number of alkyl halides is 3. The predicted octanol–water partition coefficient (Wildman–Crippen LogP) is 1.20. The zero-order chi connectivity index (χ0) is 19.8. The first-order valence-corrected chi connectivity index (χ1v) is 9.03. The summed E-state index contributed by atoms with van der Waals surface area (Å²) < 4.78 is 42.0. The van der Waals surface area contributed by atoms with Gasteiger partial charge in [-0.05, 0) is 31.4 Å². The predicted molar refractivity (Wildman–Crippen MR) is 92.5 cm³/mol. The number of anilines is 1. The van der Waals surface area contributed by atoms with Gasteiger partial charge in [0.1, 0.15) is 6.10 Å². The number of hydrogen-bond donors (Lipinski definition) is 3. The first kappa shape index (κ1) is 20.2. The fourth-order valence-corrected chi connectivity index (χ4v) is 3.95. The van der Waals surface area contributed by atoms with Crippen molar-refractivity contribution >= 4 is 5.69 Å². The molecule has 3 N–H and O–H groups in total. The van der Waals surface area contributed by atoms with Crippen LogP contribution in [0.1, 0.15) is 13.3 Å². The standard InChI is InChI=1S/C18H25F3N2O4/c1-11-16(25)17(26)14(24)10-23(11)9-12-6-7-22(8-12)13-4-2-3-5-15(13)27-18(19,20)21/h2-5,11-12,14,16-17,24-26H,6-10H2,1H3/t11-,12?,14+,16-,17-/m1/s1. The molecule has 27 heavy (non-hydrogen) atoms. The number of β-amino-alcohol motifs (C(OH)–C–C–N with tert-alkyl or cyclic N) is 1. The number of piperidine rings is 1. The highest BCUT2D eigenvalue weighted by Crippen LogP contribution is 2.36. The minimum absolute atomic E-state index is 0.168. The minimum atomic E-state index is -4.74. The Kier molecular flexibility index (Phi) is 5.85. The lowest BCUT2D eigenvalue weighted by atomic mass is 9.93. The maximum atomic E-state index is 12.6. The van der Waals surface area contributed by atoms with Gasteiger partial charge in [-0.3, -0.25) is 4.90 Å². The van der Waals surface area contributed by atoms with E-state index in [1.165, 1.54) is 12.1 Å². The lowest BCUT2D eigenvalue weighted by Crippen LogP contribution is -2.60. The maximum Gasteiger partial charge on any atom is 0.573 e. The van der Waals surface area contributed by atoms with Gasteiger partial charge in [-0.25, -0.2) is 0 Å². The Morgan fingerprint density at radius 1 is 1.11 bits per heavy atom. The number of likely N-dealkylation sites (tertiary alicyclic amines) is 1. The Labute approximate surface area is 155 Å². The zero-order valence-corrected chi connectivity index (χ0v) is 15.0. The highest BCUT2D eigenvalue weighted by Gasteiger charge is 2.40. The van der Waals surface area contributed by atoms with E-state index < -0.39 is 24.7 Å². The Morgan fingerprint density at radius 2 is 1.81 bits per heavy atom. The average Bonchev–Trinajstić information content (AvgIpc) is 3.05. The number of hydrogen-bond acceptors (Lipinski definition) is 6. The number of halogens is 3. The van der Waals surface area contributed by atoms with E-state index in [-0.39, 0.29) is 24.3 Å². The van der Waals surface area contributed by atoms with Crippen LogP contribution in [0.4, 0.5) is 18.9 Å². The molecule has 3 rings (SSSR count). The smallest absolute Gasteiger partial charge is 0.404 e. The summed E-state index contributed by atoms with van der Waals surface area (Å²) in [6.07, 6.45) is -7.19. The molecule has 2 heterocycles. The molecule has 2 aliphatic heterocycles. The van der Waals surface area contributed by atoms with Crippen LogP contribution in [-0.4, -0.2) is 77.1 Å². The van der Waals surface area contributed by atoms with Gasteiger partial charge in [-0.2, -0.15) is 0 Å². The van der Waals surface area contributed by atoms with Gasteiger partial charge in [0.25, 0.3) is 0 Å². The lowest BCUT2D eigenvalue weighted by Gasteiger charge is -2.43. The van der Waals surface area contributed by atoms with E-state index in [1.807, 2.05) is 9.80 Å². The number of nitrogens with zero attached hydrogens (tertiary/aromatic N) is 2. The SMILES string of the molecule is C[C@@H]1[C@@H](O)[C@H](O)[C@@H](O)CN1CC1CCN(c2ccccc2OC(F)(F)F)C1. The van der Waals surface area contributed by atoms with Crippen molar-refractivity contribution in [2.24, 2.45) is 5.92 Å². The fraction of sp³-hybridized carbons (Fsp3) is 0.667. The Bertz CT molecular complexity index is 645. The lowest BCUT2D eigenvalue weighted by molar-refractivity contribution is -0.274. The van der Waals surface area contributed by atoms with E-state index in [0.29, 0.717) is 25.3 Å². The second kappa shape index (κ2) is 7.83. The molecular weight excluding hydrogens is 365 g/mol. The van der Waals surface area contributed by atoms with Crippen LogP contribution in [0.3, 0.4) is 0 Å². The molecule has 2 aliphatic rings. The third-order valence-electron chi connectivity index (χ3n) is 5.45. The number of ether oxygens (including phenoxy) is 1. The molecule has 6 nitrogen and oxygen atoms in total. The van der Waals surface area contributed by atoms with Crippen molar-refractivity contribution < 1.29 is 33.2 Å². The summed E-state index contributed by atoms with van der Waals surface area (Å²) in [5.41, 5.74) is 0.402. The quantitative estimate of drug-likeness (QED) is 0.717. The first-order chi connectivity index (χ1) is 12.7. The largest absolute Gasteiger partial charge is 0.573 e. The number of aliphatic hydroxyl groups excluding tert-OH is 3. The summed E-state index contributed by atoms with van der Waals surface area (Å²) >= 11 is 0. The van der Waals surface area contributed by atoms with E-state index in [4.69, 9.17) is 0 Å². The Balaban J connectivity index is 1.64. The highest BCUT2D eigenvalue weighted by molar-refractivity contribution is 5.59. The van der Waals surface area contributed by atoms with Crippen LogP contribution in [0.15, 0.2) is 24.3 Å². The van der Waals surface area contributed by atoms with Gasteiger partial charge in [0.05, 0.1) is 17.9 Å². The summed E-state index contributed by atoms with van der Waals surface area (Å²) in [7, 11) is 0. The van der Waals surface area contributed by atoms with Crippen molar-refractivity contribution in [1.82, 2.24) is 4.90 Å². The molecule has 152 valence electrons. The third-order valence-corrected chi connectivity index (χ3v) is 5.45. The number of para-hydroxylation sites is 2. The summed E-state index contributed by atoms with van der Waals surface area (Å²) in [6.45, 7) is 3.78. The fourth-order valence-electron chi connectivity index (χ4n) is 3.95. The molecule has 1 aromatic rings. The van der Waals surface area contributed by atoms with E-state index in [2.05, 4.69) is 4.74 Å². The molecule has 0 radical (unpaired) electrons. The summed E-state index contributed by atoms with van der Waals surface area (Å²) in [4.78, 5) is 3.79. The highest BCUT2D eigenvalue weighted by atomic mass is 19.4. The van der Waals surface area contributed by atoms with Gasteiger partial charge in [-0.1, -0.05) is 12.1 Å². The number of benzene rings is 1. The van der Waals surface area contributed by atoms with Crippen LogP contribution >= 0.6 is 0 Å². The molecule has 2 saturated heterocycles. The van der Waals surface area contributed by atoms with E-state index in [1.54, 1.807) is 19.1 Å². The normalized spacial score (nSPS) is 32.7. The number of rotatable bonds is 4. The molecule has 0 amide bonds. The molecular formula is C18H25F3N2O4. The van der Waals surface area contributed by atoms with Gasteiger partial charge in [0.15, 0.2) is 5.75 Å². The topological polar surface area (TPSA) is 76.4 Å². The molecule has 2 fully saturated rings. The van der Waals surface area contributed by atoms with Gasteiger partial charge in [0.2, 0.25) is 0 Å². The molecule has 0 aromatic heterocycles. The zero-order valence-electron chi connectivity index (χ0n) is 15.0. The van der Waals surface area contributed by atoms with Crippen LogP contribution in [-0.2, 0) is 0 Å². The summed E-state index contributed by atoms with van der Waals surface area (Å²) in [6, 6.07) is 5.78.